The van der Waals surface area contributed by atoms with Crippen LogP contribution in [-0.2, 0) is 4.79 Å². The number of para-hydroxylation sites is 2. The number of hydrogen-bond acceptors (Lipinski definition) is 3. The van der Waals surface area contributed by atoms with Crippen molar-refractivity contribution in [2.45, 2.75) is 17.2 Å². The number of fused-ring (bicyclic) bond motifs is 1. The zero-order valence-corrected chi connectivity index (χ0v) is 14.1. The van der Waals surface area contributed by atoms with Gasteiger partial charge in [0.05, 0.1) is 17.0 Å². The van der Waals surface area contributed by atoms with Crippen molar-refractivity contribution in [1.82, 2.24) is 14.9 Å². The van der Waals surface area contributed by atoms with Crippen LogP contribution in [0.15, 0.2) is 59.5 Å². The highest BCUT2D eigenvalue weighted by Gasteiger charge is 2.33. The van der Waals surface area contributed by atoms with E-state index >= 15 is 0 Å². The van der Waals surface area contributed by atoms with Crippen molar-refractivity contribution in [2.75, 3.05) is 18.8 Å². The first kappa shape index (κ1) is 15.3. The lowest BCUT2D eigenvalue weighted by Gasteiger charge is -2.38. The van der Waals surface area contributed by atoms with Crippen LogP contribution in [0.1, 0.15) is 18.2 Å². The summed E-state index contributed by atoms with van der Waals surface area (Å²) >= 11 is 1.73. The Bertz CT molecular complexity index is 807. The first-order valence-corrected chi connectivity index (χ1v) is 9.18. The number of carbonyl (C=O) groups excluding carboxylic acids is 1. The molecule has 0 atom stereocenters. The first-order valence-electron chi connectivity index (χ1n) is 8.20. The van der Waals surface area contributed by atoms with Crippen LogP contribution in [0.25, 0.3) is 11.0 Å². The van der Waals surface area contributed by atoms with Crippen LogP contribution < -0.4 is 0 Å². The van der Waals surface area contributed by atoms with E-state index in [1.54, 1.807) is 11.8 Å². The SMILES string of the molecule is O=C(CCSc1ccccc1)N1CC(c2nc3ccccc3[nH]2)C1. The number of benzene rings is 2. The number of thioether (sulfide) groups is 1. The molecule has 0 spiro atoms. The topological polar surface area (TPSA) is 49.0 Å². The molecule has 2 aromatic carbocycles. The molecule has 2 heterocycles. The minimum absolute atomic E-state index is 0.241. The third-order valence-corrected chi connectivity index (χ3v) is 5.37. The van der Waals surface area contributed by atoms with E-state index in [2.05, 4.69) is 22.1 Å². The van der Waals surface area contributed by atoms with Gasteiger partial charge < -0.3 is 9.88 Å². The van der Waals surface area contributed by atoms with Crippen LogP contribution in [0.2, 0.25) is 0 Å². The molecule has 1 aliphatic heterocycles. The fraction of sp³-hybridized carbons (Fsp3) is 0.263. The lowest BCUT2D eigenvalue weighted by molar-refractivity contribution is -0.135. The number of imidazole rings is 1. The number of nitrogens with zero attached hydrogens (tertiary/aromatic N) is 2. The summed E-state index contributed by atoms with van der Waals surface area (Å²) in [4.78, 5) is 23.4. The summed E-state index contributed by atoms with van der Waals surface area (Å²) in [5, 5.41) is 0. The summed E-state index contributed by atoms with van der Waals surface area (Å²) in [6.07, 6.45) is 0.590. The Hall–Kier alpha value is -2.27. The zero-order chi connectivity index (χ0) is 16.4. The minimum atomic E-state index is 0.241. The maximum Gasteiger partial charge on any atom is 0.223 e. The summed E-state index contributed by atoms with van der Waals surface area (Å²) in [7, 11) is 0. The van der Waals surface area contributed by atoms with E-state index in [-0.39, 0.29) is 5.91 Å². The Balaban J connectivity index is 1.26. The fourth-order valence-electron chi connectivity index (χ4n) is 2.95. The van der Waals surface area contributed by atoms with E-state index in [0.717, 1.165) is 35.7 Å². The van der Waals surface area contributed by atoms with Crippen molar-refractivity contribution < 1.29 is 4.79 Å². The quantitative estimate of drug-likeness (QED) is 0.723. The van der Waals surface area contributed by atoms with E-state index in [1.165, 1.54) is 4.90 Å². The van der Waals surface area contributed by atoms with Crippen LogP contribution in [0.3, 0.4) is 0 Å². The first-order chi connectivity index (χ1) is 11.8. The average Bonchev–Trinajstić information content (AvgIpc) is 2.98. The van der Waals surface area contributed by atoms with E-state index in [1.807, 2.05) is 47.4 Å². The largest absolute Gasteiger partial charge is 0.342 e. The molecule has 1 saturated heterocycles. The number of carbonyl (C=O) groups is 1. The van der Waals surface area contributed by atoms with Crippen molar-refractivity contribution in [1.29, 1.82) is 0 Å². The Morgan fingerprint density at radius 3 is 2.67 bits per heavy atom. The molecule has 0 aliphatic carbocycles. The fourth-order valence-corrected chi connectivity index (χ4v) is 3.81. The normalized spacial score (nSPS) is 14.8. The van der Waals surface area contributed by atoms with Gasteiger partial charge in [-0.2, -0.15) is 0 Å². The van der Waals surface area contributed by atoms with Gasteiger partial charge in [-0.05, 0) is 24.3 Å². The van der Waals surface area contributed by atoms with Gasteiger partial charge in [-0.1, -0.05) is 30.3 Å². The van der Waals surface area contributed by atoms with E-state index in [0.29, 0.717) is 12.3 Å². The number of aromatic nitrogens is 2. The second kappa shape index (κ2) is 6.69. The molecule has 1 fully saturated rings. The van der Waals surface area contributed by atoms with Crippen molar-refractivity contribution in [2.24, 2.45) is 0 Å². The molecule has 24 heavy (non-hydrogen) atoms. The van der Waals surface area contributed by atoms with Gasteiger partial charge in [0.25, 0.3) is 0 Å². The molecular weight excluding hydrogens is 318 g/mol. The van der Waals surface area contributed by atoms with Crippen LogP contribution in [0.5, 0.6) is 0 Å². The standard InChI is InChI=1S/C19H19N3OS/c23-18(10-11-24-15-6-2-1-3-7-15)22-12-14(13-22)19-20-16-8-4-5-9-17(16)21-19/h1-9,14H,10-13H2,(H,20,21). The van der Waals surface area contributed by atoms with Gasteiger partial charge in [-0.3, -0.25) is 4.79 Å². The monoisotopic (exact) mass is 337 g/mol. The summed E-state index contributed by atoms with van der Waals surface area (Å²) in [5.74, 6) is 2.40. The van der Waals surface area contributed by atoms with E-state index in [4.69, 9.17) is 0 Å². The predicted molar refractivity (Wildman–Crippen MR) is 97.2 cm³/mol. The number of likely N-dealkylation sites (tertiary alicyclic amines) is 1. The summed E-state index contributed by atoms with van der Waals surface area (Å²) < 4.78 is 0. The molecule has 1 amide bonds. The van der Waals surface area contributed by atoms with E-state index < -0.39 is 0 Å². The van der Waals surface area contributed by atoms with Gasteiger partial charge in [-0.25, -0.2) is 4.98 Å². The number of amides is 1. The summed E-state index contributed by atoms with van der Waals surface area (Å²) in [6.45, 7) is 1.54. The molecule has 1 N–H and O–H groups in total. The third kappa shape index (κ3) is 3.17. The van der Waals surface area contributed by atoms with Gasteiger partial charge in [0.2, 0.25) is 5.91 Å². The molecule has 1 aromatic heterocycles. The molecule has 3 aromatic rings. The maximum absolute atomic E-state index is 12.2. The zero-order valence-electron chi connectivity index (χ0n) is 13.3. The number of rotatable bonds is 5. The van der Waals surface area contributed by atoms with Gasteiger partial charge in [-0.15, -0.1) is 11.8 Å². The summed E-state index contributed by atoms with van der Waals surface area (Å²) in [6, 6.07) is 18.3. The highest BCUT2D eigenvalue weighted by atomic mass is 32.2. The van der Waals surface area contributed by atoms with Crippen LogP contribution in [0.4, 0.5) is 0 Å². The summed E-state index contributed by atoms with van der Waals surface area (Å²) in [5.41, 5.74) is 2.06. The van der Waals surface area contributed by atoms with Crippen molar-refractivity contribution in [3.8, 4) is 0 Å². The molecular formula is C19H19N3OS. The Kier molecular flexibility index (Phi) is 4.26. The molecule has 0 bridgehead atoms. The Labute approximate surface area is 145 Å². The Morgan fingerprint density at radius 2 is 1.88 bits per heavy atom. The molecule has 1 aliphatic rings. The maximum atomic E-state index is 12.2. The van der Waals surface area contributed by atoms with Crippen LogP contribution in [0, 0.1) is 0 Å². The number of H-pyrrole nitrogens is 1. The molecule has 0 saturated carbocycles. The molecule has 4 rings (SSSR count). The lowest BCUT2D eigenvalue weighted by Crippen LogP contribution is -2.48. The minimum Gasteiger partial charge on any atom is -0.342 e. The molecule has 0 unspecified atom stereocenters. The number of nitrogens with one attached hydrogen (secondary N) is 1. The van der Waals surface area contributed by atoms with Crippen molar-refractivity contribution in [3.05, 3.63) is 60.4 Å². The lowest BCUT2D eigenvalue weighted by atomic mass is 9.99. The third-order valence-electron chi connectivity index (χ3n) is 4.36. The predicted octanol–water partition coefficient (Wildman–Crippen LogP) is 3.67. The molecule has 4 nitrogen and oxygen atoms in total. The van der Waals surface area contributed by atoms with Gasteiger partial charge in [0.1, 0.15) is 5.82 Å². The smallest absolute Gasteiger partial charge is 0.223 e. The second-order valence-electron chi connectivity index (χ2n) is 6.05. The Morgan fingerprint density at radius 1 is 1.12 bits per heavy atom. The van der Waals surface area contributed by atoms with Gasteiger partial charge in [0, 0.05) is 30.2 Å². The van der Waals surface area contributed by atoms with Crippen LogP contribution in [-0.4, -0.2) is 39.6 Å². The number of hydrogen-bond donors (Lipinski definition) is 1. The van der Waals surface area contributed by atoms with Crippen LogP contribution >= 0.6 is 11.8 Å². The van der Waals surface area contributed by atoms with Crippen molar-refractivity contribution >= 4 is 28.7 Å². The average molecular weight is 337 g/mol. The molecule has 122 valence electrons. The highest BCUT2D eigenvalue weighted by molar-refractivity contribution is 7.99. The second-order valence-corrected chi connectivity index (χ2v) is 7.21. The molecule has 0 radical (unpaired) electrons. The highest BCUT2D eigenvalue weighted by Crippen LogP contribution is 2.28. The van der Waals surface area contributed by atoms with Gasteiger partial charge in [0.15, 0.2) is 0 Å². The molecule has 5 heteroatoms. The number of aromatic amines is 1. The van der Waals surface area contributed by atoms with E-state index in [9.17, 15) is 4.79 Å². The van der Waals surface area contributed by atoms with Gasteiger partial charge >= 0.3 is 0 Å². The van der Waals surface area contributed by atoms with Crippen molar-refractivity contribution in [3.63, 3.8) is 0 Å².